The molecule has 4 heteroatoms. The van der Waals surface area contributed by atoms with Gasteiger partial charge in [-0.3, -0.25) is 9.69 Å². The Hall–Kier alpha value is -1.39. The number of likely N-dealkylation sites (tertiary alicyclic amines) is 1. The topological polar surface area (TPSA) is 52.6 Å². The first-order valence-electron chi connectivity index (χ1n) is 7.81. The maximum atomic E-state index is 12.3. The van der Waals surface area contributed by atoms with Crippen molar-refractivity contribution in [3.05, 3.63) is 35.9 Å². The summed E-state index contributed by atoms with van der Waals surface area (Å²) in [6.07, 6.45) is 1.51. The van der Waals surface area contributed by atoms with E-state index in [1.807, 2.05) is 23.1 Å². The molecule has 0 bridgehead atoms. The van der Waals surface area contributed by atoms with Gasteiger partial charge in [0.25, 0.3) is 0 Å². The van der Waals surface area contributed by atoms with Gasteiger partial charge >= 0.3 is 0 Å². The fraction of sp³-hybridized carbons (Fsp3) is 0.588. The summed E-state index contributed by atoms with van der Waals surface area (Å²) in [4.78, 5) is 14.3. The first kappa shape index (κ1) is 16.0. The Balaban J connectivity index is 1.92. The number of benzene rings is 1. The highest BCUT2D eigenvalue weighted by Crippen LogP contribution is 2.21. The molecule has 1 aliphatic rings. The van der Waals surface area contributed by atoms with Crippen LogP contribution in [0.15, 0.2) is 30.3 Å². The van der Waals surface area contributed by atoms with E-state index < -0.39 is 0 Å². The van der Waals surface area contributed by atoms with Gasteiger partial charge in [-0.2, -0.15) is 0 Å². The van der Waals surface area contributed by atoms with Gasteiger partial charge in [0.1, 0.15) is 0 Å². The molecule has 0 aliphatic carbocycles. The lowest BCUT2D eigenvalue weighted by molar-refractivity contribution is -0.124. The molecule has 0 saturated carbocycles. The van der Waals surface area contributed by atoms with Crippen molar-refractivity contribution < 1.29 is 9.90 Å². The zero-order valence-corrected chi connectivity index (χ0v) is 13.0. The van der Waals surface area contributed by atoms with Gasteiger partial charge in [-0.25, -0.2) is 0 Å². The summed E-state index contributed by atoms with van der Waals surface area (Å²) in [6, 6.07) is 10.1. The standard InChI is InChI=1S/C17H26N2O2/c1-13(2)17(14-7-4-3-5-8-14)18-16(21)12-19-10-6-9-15(20)11-19/h3-5,7-8,13,15,17,20H,6,9-12H2,1-2H3,(H,18,21). The van der Waals surface area contributed by atoms with Crippen LogP contribution in [0, 0.1) is 5.92 Å². The monoisotopic (exact) mass is 290 g/mol. The number of nitrogens with zero attached hydrogens (tertiary/aromatic N) is 1. The molecule has 1 fully saturated rings. The fourth-order valence-electron chi connectivity index (χ4n) is 2.89. The number of nitrogens with one attached hydrogen (secondary N) is 1. The van der Waals surface area contributed by atoms with E-state index in [4.69, 9.17) is 0 Å². The Labute approximate surface area is 127 Å². The zero-order valence-electron chi connectivity index (χ0n) is 13.0. The number of hydrogen-bond donors (Lipinski definition) is 2. The normalized spacial score (nSPS) is 21.2. The molecule has 21 heavy (non-hydrogen) atoms. The molecule has 2 rings (SSSR count). The number of amides is 1. The molecule has 116 valence electrons. The van der Waals surface area contributed by atoms with Crippen molar-refractivity contribution in [2.45, 2.75) is 38.8 Å². The van der Waals surface area contributed by atoms with Gasteiger partial charge in [0, 0.05) is 6.54 Å². The first-order valence-corrected chi connectivity index (χ1v) is 7.81. The number of carbonyl (C=O) groups is 1. The summed E-state index contributed by atoms with van der Waals surface area (Å²) in [5.41, 5.74) is 1.14. The predicted molar refractivity (Wildman–Crippen MR) is 83.8 cm³/mol. The Morgan fingerprint density at radius 3 is 2.71 bits per heavy atom. The van der Waals surface area contributed by atoms with Crippen molar-refractivity contribution in [2.24, 2.45) is 5.92 Å². The molecule has 0 radical (unpaired) electrons. The number of β-amino-alcohol motifs (C(OH)–C–C–N with tert-alkyl or cyclic N) is 1. The third-order valence-electron chi connectivity index (χ3n) is 3.99. The number of hydrogen-bond acceptors (Lipinski definition) is 3. The number of piperidine rings is 1. The van der Waals surface area contributed by atoms with Crippen LogP contribution < -0.4 is 5.32 Å². The Morgan fingerprint density at radius 1 is 1.38 bits per heavy atom. The van der Waals surface area contributed by atoms with Gasteiger partial charge in [-0.1, -0.05) is 44.2 Å². The number of rotatable bonds is 5. The predicted octanol–water partition coefficient (Wildman–Crippen LogP) is 1.96. The van der Waals surface area contributed by atoms with Gasteiger partial charge in [0.15, 0.2) is 0 Å². The molecule has 2 unspecified atom stereocenters. The molecular formula is C17H26N2O2. The second-order valence-corrected chi connectivity index (χ2v) is 6.23. The third-order valence-corrected chi connectivity index (χ3v) is 3.99. The van der Waals surface area contributed by atoms with Gasteiger partial charge < -0.3 is 10.4 Å². The molecule has 1 aromatic rings. The summed E-state index contributed by atoms with van der Waals surface area (Å²) in [7, 11) is 0. The van der Waals surface area contributed by atoms with Crippen molar-refractivity contribution in [2.75, 3.05) is 19.6 Å². The van der Waals surface area contributed by atoms with E-state index in [9.17, 15) is 9.90 Å². The maximum absolute atomic E-state index is 12.3. The minimum atomic E-state index is -0.290. The van der Waals surface area contributed by atoms with E-state index in [0.717, 1.165) is 24.9 Å². The molecular weight excluding hydrogens is 264 g/mol. The largest absolute Gasteiger partial charge is 0.392 e. The van der Waals surface area contributed by atoms with E-state index in [0.29, 0.717) is 19.0 Å². The van der Waals surface area contributed by atoms with Crippen molar-refractivity contribution in [1.29, 1.82) is 0 Å². The number of aliphatic hydroxyl groups excluding tert-OH is 1. The molecule has 1 amide bonds. The summed E-state index contributed by atoms with van der Waals surface area (Å²) in [5.74, 6) is 0.370. The second kappa shape index (κ2) is 7.57. The highest BCUT2D eigenvalue weighted by molar-refractivity contribution is 5.78. The van der Waals surface area contributed by atoms with E-state index in [1.165, 1.54) is 0 Å². The van der Waals surface area contributed by atoms with Gasteiger partial charge in [-0.15, -0.1) is 0 Å². The summed E-state index contributed by atoms with van der Waals surface area (Å²) in [5, 5.41) is 12.8. The zero-order chi connectivity index (χ0) is 15.2. The molecule has 0 aromatic heterocycles. The van der Waals surface area contributed by atoms with E-state index in [1.54, 1.807) is 0 Å². The first-order chi connectivity index (χ1) is 10.1. The van der Waals surface area contributed by atoms with Crippen LogP contribution in [0.4, 0.5) is 0 Å². The average Bonchev–Trinajstić information content (AvgIpc) is 2.45. The highest BCUT2D eigenvalue weighted by Gasteiger charge is 2.22. The lowest BCUT2D eigenvalue weighted by Gasteiger charge is -2.30. The van der Waals surface area contributed by atoms with Crippen LogP contribution in [0.3, 0.4) is 0 Å². The average molecular weight is 290 g/mol. The van der Waals surface area contributed by atoms with Crippen LogP contribution in [-0.4, -0.2) is 41.7 Å². The van der Waals surface area contributed by atoms with E-state index in [-0.39, 0.29) is 18.1 Å². The Bertz CT molecular complexity index is 447. The minimum absolute atomic E-state index is 0.0339. The smallest absolute Gasteiger partial charge is 0.234 e. The number of carbonyl (C=O) groups excluding carboxylic acids is 1. The lowest BCUT2D eigenvalue weighted by Crippen LogP contribution is -2.45. The van der Waals surface area contributed by atoms with Crippen molar-refractivity contribution in [1.82, 2.24) is 10.2 Å². The van der Waals surface area contributed by atoms with Gasteiger partial charge in [0.05, 0.1) is 18.7 Å². The molecule has 1 aromatic carbocycles. The van der Waals surface area contributed by atoms with E-state index >= 15 is 0 Å². The summed E-state index contributed by atoms with van der Waals surface area (Å²) in [6.45, 7) is 6.09. The van der Waals surface area contributed by atoms with E-state index in [2.05, 4.69) is 31.3 Å². The van der Waals surface area contributed by atoms with Crippen LogP contribution in [-0.2, 0) is 4.79 Å². The summed E-state index contributed by atoms with van der Waals surface area (Å²) < 4.78 is 0. The molecule has 1 aliphatic heterocycles. The van der Waals surface area contributed by atoms with Gasteiger partial charge in [-0.05, 0) is 30.9 Å². The van der Waals surface area contributed by atoms with Crippen LogP contribution >= 0.6 is 0 Å². The highest BCUT2D eigenvalue weighted by atomic mass is 16.3. The molecule has 0 spiro atoms. The van der Waals surface area contributed by atoms with Crippen molar-refractivity contribution in [3.63, 3.8) is 0 Å². The Morgan fingerprint density at radius 2 is 2.10 bits per heavy atom. The SMILES string of the molecule is CC(C)C(NC(=O)CN1CCCC(O)C1)c1ccccc1. The minimum Gasteiger partial charge on any atom is -0.392 e. The van der Waals surface area contributed by atoms with Crippen LogP contribution in [0.2, 0.25) is 0 Å². The van der Waals surface area contributed by atoms with Crippen molar-refractivity contribution in [3.8, 4) is 0 Å². The molecule has 4 nitrogen and oxygen atoms in total. The molecule has 2 N–H and O–H groups in total. The van der Waals surface area contributed by atoms with Crippen LogP contribution in [0.1, 0.15) is 38.3 Å². The number of aliphatic hydroxyl groups is 1. The molecule has 1 heterocycles. The quantitative estimate of drug-likeness (QED) is 0.871. The second-order valence-electron chi connectivity index (χ2n) is 6.23. The van der Waals surface area contributed by atoms with Crippen LogP contribution in [0.25, 0.3) is 0 Å². The molecule has 2 atom stereocenters. The maximum Gasteiger partial charge on any atom is 0.234 e. The third kappa shape index (κ3) is 4.83. The van der Waals surface area contributed by atoms with Crippen molar-refractivity contribution >= 4 is 5.91 Å². The molecule has 1 saturated heterocycles. The Kier molecular flexibility index (Phi) is 5.76. The lowest BCUT2D eigenvalue weighted by atomic mass is 9.96. The fourth-order valence-corrected chi connectivity index (χ4v) is 2.89. The van der Waals surface area contributed by atoms with Gasteiger partial charge in [0.2, 0.25) is 5.91 Å². The van der Waals surface area contributed by atoms with Crippen LogP contribution in [0.5, 0.6) is 0 Å². The summed E-state index contributed by atoms with van der Waals surface area (Å²) >= 11 is 0.